The van der Waals surface area contributed by atoms with Crippen LogP contribution in [-0.4, -0.2) is 15.7 Å². The summed E-state index contributed by atoms with van der Waals surface area (Å²) in [5.74, 6) is 0. The Labute approximate surface area is 98.0 Å². The molecule has 1 aromatic heterocycles. The second-order valence-corrected chi connectivity index (χ2v) is 5.36. The highest BCUT2D eigenvalue weighted by Crippen LogP contribution is 2.64. The number of hydrogen-bond donors (Lipinski definition) is 1. The van der Waals surface area contributed by atoms with Crippen LogP contribution < -0.4 is 5.73 Å². The highest BCUT2D eigenvalue weighted by molar-refractivity contribution is 6.31. The number of nitrogens with zero attached hydrogens (tertiary/aromatic N) is 2. The van der Waals surface area contributed by atoms with Crippen LogP contribution in [0.1, 0.15) is 31.2 Å². The van der Waals surface area contributed by atoms with Crippen LogP contribution in [0.5, 0.6) is 0 Å². The van der Waals surface area contributed by atoms with Crippen molar-refractivity contribution in [1.29, 1.82) is 0 Å². The fraction of sp³-hybridized carbons (Fsp3) is 0.600. The molecular formula is C10H11Cl2N3. The first-order valence-electron chi connectivity index (χ1n) is 5.06. The second-order valence-electron chi connectivity index (χ2n) is 4.61. The lowest BCUT2D eigenvalue weighted by Crippen LogP contribution is -2.37. The van der Waals surface area contributed by atoms with Crippen LogP contribution in [-0.2, 0) is 5.41 Å². The predicted molar refractivity (Wildman–Crippen MR) is 59.1 cm³/mol. The van der Waals surface area contributed by atoms with Crippen molar-refractivity contribution in [3.8, 4) is 0 Å². The van der Waals surface area contributed by atoms with E-state index in [-0.39, 0.29) is 11.0 Å². The van der Waals surface area contributed by atoms with Gasteiger partial charge in [-0.25, -0.2) is 0 Å². The average molecular weight is 244 g/mol. The Morgan fingerprint density at radius 2 is 1.80 bits per heavy atom. The molecule has 15 heavy (non-hydrogen) atoms. The Balaban J connectivity index is 2.09. The minimum atomic E-state index is -0.0665. The molecule has 2 fully saturated rings. The van der Waals surface area contributed by atoms with E-state index in [4.69, 9.17) is 28.9 Å². The van der Waals surface area contributed by atoms with Crippen molar-refractivity contribution in [2.24, 2.45) is 5.73 Å². The quantitative estimate of drug-likeness (QED) is 0.868. The molecule has 2 saturated carbocycles. The van der Waals surface area contributed by atoms with Crippen molar-refractivity contribution in [3.05, 3.63) is 21.9 Å². The van der Waals surface area contributed by atoms with E-state index < -0.39 is 0 Å². The van der Waals surface area contributed by atoms with Gasteiger partial charge in [-0.15, -0.1) is 10.2 Å². The Morgan fingerprint density at radius 1 is 1.13 bits per heavy atom. The molecule has 0 radical (unpaired) electrons. The molecular weight excluding hydrogens is 233 g/mol. The van der Waals surface area contributed by atoms with Gasteiger partial charge in [0.1, 0.15) is 0 Å². The number of halogens is 2. The summed E-state index contributed by atoms with van der Waals surface area (Å²) in [6.07, 6.45) is 4.32. The molecule has 0 unspecified atom stereocenters. The zero-order valence-electron chi connectivity index (χ0n) is 8.13. The molecule has 1 heterocycles. The smallest absolute Gasteiger partial charge is 0.155 e. The maximum Gasteiger partial charge on any atom is 0.155 e. The third-order valence-electron chi connectivity index (χ3n) is 3.73. The summed E-state index contributed by atoms with van der Waals surface area (Å²) in [5.41, 5.74) is 7.24. The lowest BCUT2D eigenvalue weighted by Gasteiger charge is -2.23. The molecule has 0 bridgehead atoms. The van der Waals surface area contributed by atoms with Gasteiger partial charge in [-0.05, 0) is 31.7 Å². The van der Waals surface area contributed by atoms with Crippen LogP contribution in [0.4, 0.5) is 0 Å². The molecule has 3 nitrogen and oxygen atoms in total. The molecule has 2 aliphatic rings. The van der Waals surface area contributed by atoms with E-state index in [1.807, 2.05) is 6.07 Å². The normalized spacial score (nSPS) is 25.0. The van der Waals surface area contributed by atoms with Crippen LogP contribution in [0.2, 0.25) is 10.3 Å². The lowest BCUT2D eigenvalue weighted by molar-refractivity contribution is 0.501. The van der Waals surface area contributed by atoms with Crippen molar-refractivity contribution in [2.45, 2.75) is 36.6 Å². The van der Waals surface area contributed by atoms with Gasteiger partial charge in [0.25, 0.3) is 0 Å². The maximum atomic E-state index is 6.29. The van der Waals surface area contributed by atoms with E-state index in [9.17, 15) is 0 Å². The van der Waals surface area contributed by atoms with Crippen LogP contribution in [0.25, 0.3) is 0 Å². The maximum absolute atomic E-state index is 6.29. The Morgan fingerprint density at radius 3 is 2.33 bits per heavy atom. The minimum Gasteiger partial charge on any atom is -0.324 e. The van der Waals surface area contributed by atoms with E-state index in [1.165, 1.54) is 0 Å². The summed E-state index contributed by atoms with van der Waals surface area (Å²) >= 11 is 11.9. The van der Waals surface area contributed by atoms with Gasteiger partial charge in [-0.2, -0.15) is 0 Å². The Hall–Kier alpha value is -0.380. The van der Waals surface area contributed by atoms with E-state index in [0.29, 0.717) is 10.3 Å². The number of rotatable bonds is 2. The zero-order valence-corrected chi connectivity index (χ0v) is 9.65. The Bertz CT molecular complexity index is 425. The fourth-order valence-electron chi connectivity index (χ4n) is 2.46. The van der Waals surface area contributed by atoms with E-state index in [1.54, 1.807) is 0 Å². The molecule has 2 aliphatic carbocycles. The molecule has 3 rings (SSSR count). The fourth-order valence-corrected chi connectivity index (χ4v) is 2.88. The van der Waals surface area contributed by atoms with Crippen LogP contribution in [0.15, 0.2) is 6.07 Å². The first-order chi connectivity index (χ1) is 7.07. The molecule has 0 amide bonds. The third-order valence-corrected chi connectivity index (χ3v) is 4.19. The standard InChI is InChI=1S/C10H11Cl2N3/c11-7-5-6(8(12)15-14-7)9(1-2-9)10(13)3-4-10/h5H,1-4,13H2. The summed E-state index contributed by atoms with van der Waals surface area (Å²) in [6, 6.07) is 1.82. The van der Waals surface area contributed by atoms with Gasteiger partial charge in [-0.3, -0.25) is 0 Å². The molecule has 0 saturated heterocycles. The summed E-state index contributed by atoms with van der Waals surface area (Å²) in [7, 11) is 0. The highest BCUT2D eigenvalue weighted by Gasteiger charge is 2.64. The highest BCUT2D eigenvalue weighted by atomic mass is 35.5. The van der Waals surface area contributed by atoms with E-state index in [2.05, 4.69) is 10.2 Å². The largest absolute Gasteiger partial charge is 0.324 e. The van der Waals surface area contributed by atoms with Gasteiger partial charge in [-0.1, -0.05) is 23.2 Å². The van der Waals surface area contributed by atoms with Crippen molar-refractivity contribution in [3.63, 3.8) is 0 Å². The monoisotopic (exact) mass is 243 g/mol. The number of aromatic nitrogens is 2. The van der Waals surface area contributed by atoms with Gasteiger partial charge < -0.3 is 5.73 Å². The summed E-state index contributed by atoms with van der Waals surface area (Å²) < 4.78 is 0. The first kappa shape index (κ1) is 9.82. The number of hydrogen-bond acceptors (Lipinski definition) is 3. The van der Waals surface area contributed by atoms with Gasteiger partial charge in [0.05, 0.1) is 0 Å². The molecule has 0 aromatic carbocycles. The third kappa shape index (κ3) is 1.30. The zero-order chi connectivity index (χ0) is 10.7. The first-order valence-corrected chi connectivity index (χ1v) is 5.81. The molecule has 2 N–H and O–H groups in total. The van der Waals surface area contributed by atoms with E-state index in [0.717, 1.165) is 31.2 Å². The average Bonchev–Trinajstić information content (AvgIpc) is 3.05. The van der Waals surface area contributed by atoms with Gasteiger partial charge >= 0.3 is 0 Å². The van der Waals surface area contributed by atoms with Gasteiger partial charge in [0, 0.05) is 16.5 Å². The minimum absolute atomic E-state index is 0.0314. The van der Waals surface area contributed by atoms with Gasteiger partial charge in [0.15, 0.2) is 10.3 Å². The van der Waals surface area contributed by atoms with Crippen LogP contribution in [0, 0.1) is 0 Å². The van der Waals surface area contributed by atoms with Crippen LogP contribution in [0.3, 0.4) is 0 Å². The SMILES string of the molecule is NC1(C2(c3cc(Cl)nnc3Cl)CC2)CC1. The molecule has 0 aliphatic heterocycles. The second kappa shape index (κ2) is 2.84. The predicted octanol–water partition coefficient (Wildman–Crippen LogP) is 2.31. The number of nitrogens with two attached hydrogens (primary N) is 1. The Kier molecular flexibility index (Phi) is 1.86. The molecule has 1 aromatic rings. The van der Waals surface area contributed by atoms with Gasteiger partial charge in [0.2, 0.25) is 0 Å². The van der Waals surface area contributed by atoms with Crippen molar-refractivity contribution in [1.82, 2.24) is 10.2 Å². The lowest BCUT2D eigenvalue weighted by atomic mass is 9.87. The van der Waals surface area contributed by atoms with Crippen LogP contribution >= 0.6 is 23.2 Å². The summed E-state index contributed by atoms with van der Waals surface area (Å²) in [4.78, 5) is 0. The van der Waals surface area contributed by atoms with Crippen molar-refractivity contribution >= 4 is 23.2 Å². The molecule has 0 spiro atoms. The van der Waals surface area contributed by atoms with E-state index >= 15 is 0 Å². The molecule has 0 atom stereocenters. The van der Waals surface area contributed by atoms with Crippen molar-refractivity contribution in [2.75, 3.05) is 0 Å². The topological polar surface area (TPSA) is 51.8 Å². The summed E-state index contributed by atoms with van der Waals surface area (Å²) in [6.45, 7) is 0. The van der Waals surface area contributed by atoms with Crippen molar-refractivity contribution < 1.29 is 0 Å². The molecule has 5 heteroatoms. The summed E-state index contributed by atoms with van der Waals surface area (Å²) in [5, 5.41) is 8.43. The molecule has 80 valence electrons.